The number of thiophene rings is 1. The molecule has 0 bridgehead atoms. The van der Waals surface area contributed by atoms with E-state index in [1.807, 2.05) is 30.3 Å². The number of aromatic nitrogens is 4. The summed E-state index contributed by atoms with van der Waals surface area (Å²) < 4.78 is 11.4. The number of rotatable bonds is 6. The van der Waals surface area contributed by atoms with Gasteiger partial charge >= 0.3 is 0 Å². The second kappa shape index (κ2) is 14.2. The molecular weight excluding hydrogens is 789 g/mol. The van der Waals surface area contributed by atoms with Crippen LogP contribution in [0, 0.1) is 0 Å². The molecule has 0 atom stereocenters. The molecule has 0 aliphatic rings. The lowest BCUT2D eigenvalue weighted by Crippen LogP contribution is -2.00. The van der Waals surface area contributed by atoms with E-state index in [1.54, 1.807) is 11.3 Å². The molecule has 0 unspecified atom stereocenters. The van der Waals surface area contributed by atoms with Crippen LogP contribution in [0.15, 0.2) is 211 Å². The van der Waals surface area contributed by atoms with Crippen molar-refractivity contribution in [3.63, 3.8) is 0 Å². The zero-order valence-electron chi connectivity index (χ0n) is 33.7. The third-order valence-electron chi connectivity index (χ3n) is 12.3. The lowest BCUT2D eigenvalue weighted by molar-refractivity contribution is 0.668. The van der Waals surface area contributed by atoms with Gasteiger partial charge in [-0.05, 0) is 70.8 Å². The Bertz CT molecular complexity index is 3850. The Morgan fingerprint density at radius 1 is 0.349 bits per heavy atom. The van der Waals surface area contributed by atoms with E-state index in [0.29, 0.717) is 17.5 Å². The number of nitrogens with zero attached hydrogens (tertiary/aromatic N) is 4. The molecule has 13 rings (SSSR count). The van der Waals surface area contributed by atoms with Gasteiger partial charge in [0.1, 0.15) is 11.2 Å². The standard InChI is InChI=1S/C57H34N4OS/c1-3-12-35(13-4-1)36-22-24-37(25-23-36)42-18-11-21-52-54(42)47-30-27-40(33-53(47)63-52)57-59-55(38-14-5-2-6-15-38)58-56(60-57)39-26-29-45-46-31-28-41(34-51(46)62-50(45)32-39)61-48-19-9-7-16-43(48)44-17-8-10-20-49(44)61/h1-34H. The highest BCUT2D eigenvalue weighted by Gasteiger charge is 2.18. The molecule has 0 saturated heterocycles. The van der Waals surface area contributed by atoms with E-state index in [0.717, 1.165) is 55.3 Å². The average Bonchev–Trinajstić information content (AvgIpc) is 4.03. The quantitative estimate of drug-likeness (QED) is 0.168. The summed E-state index contributed by atoms with van der Waals surface area (Å²) in [5.74, 6) is 1.83. The van der Waals surface area contributed by atoms with Gasteiger partial charge in [-0.2, -0.15) is 0 Å². The van der Waals surface area contributed by atoms with Crippen molar-refractivity contribution in [2.45, 2.75) is 0 Å². The van der Waals surface area contributed by atoms with Crippen LogP contribution < -0.4 is 0 Å². The lowest BCUT2D eigenvalue weighted by Gasteiger charge is -2.09. The smallest absolute Gasteiger partial charge is 0.164 e. The van der Waals surface area contributed by atoms with Crippen molar-refractivity contribution in [1.82, 2.24) is 19.5 Å². The number of para-hydroxylation sites is 2. The van der Waals surface area contributed by atoms with Crippen molar-refractivity contribution in [2.24, 2.45) is 0 Å². The molecule has 294 valence electrons. The first-order chi connectivity index (χ1) is 31.2. The summed E-state index contributed by atoms with van der Waals surface area (Å²) in [6, 6.07) is 72.7. The summed E-state index contributed by atoms with van der Waals surface area (Å²) in [6.45, 7) is 0. The van der Waals surface area contributed by atoms with Gasteiger partial charge in [-0.1, -0.05) is 152 Å². The topological polar surface area (TPSA) is 56.7 Å². The number of furan rings is 1. The SMILES string of the molecule is c1ccc(-c2ccc(-c3cccc4sc5cc(-c6nc(-c7ccccc7)nc(-c7ccc8c(c7)oc7cc(-n9c%10ccccc%10c%10ccccc%109)ccc78)n6)ccc5c34)cc2)cc1. The van der Waals surface area contributed by atoms with Crippen LogP contribution in [0.3, 0.4) is 0 Å². The molecular formula is C57H34N4OS. The maximum Gasteiger partial charge on any atom is 0.164 e. The van der Waals surface area contributed by atoms with Gasteiger partial charge in [-0.25, -0.2) is 15.0 Å². The summed E-state index contributed by atoms with van der Waals surface area (Å²) in [5.41, 5.74) is 12.6. The molecule has 13 aromatic rings. The molecule has 5 nitrogen and oxygen atoms in total. The van der Waals surface area contributed by atoms with Crippen LogP contribution in [0.5, 0.6) is 0 Å². The van der Waals surface area contributed by atoms with Crippen molar-refractivity contribution in [2.75, 3.05) is 0 Å². The molecule has 0 saturated carbocycles. The molecule has 4 aromatic heterocycles. The highest BCUT2D eigenvalue weighted by molar-refractivity contribution is 7.26. The van der Waals surface area contributed by atoms with Gasteiger partial charge in [-0.3, -0.25) is 0 Å². The van der Waals surface area contributed by atoms with E-state index in [4.69, 9.17) is 19.4 Å². The van der Waals surface area contributed by atoms with Crippen LogP contribution in [0.25, 0.3) is 126 Å². The summed E-state index contributed by atoms with van der Waals surface area (Å²) in [7, 11) is 0. The van der Waals surface area contributed by atoms with E-state index in [9.17, 15) is 0 Å². The first-order valence-electron chi connectivity index (χ1n) is 21.1. The van der Waals surface area contributed by atoms with Crippen LogP contribution in [-0.4, -0.2) is 19.5 Å². The van der Waals surface area contributed by atoms with Gasteiger partial charge in [0.25, 0.3) is 0 Å². The predicted octanol–water partition coefficient (Wildman–Crippen LogP) is 15.6. The third-order valence-corrected chi connectivity index (χ3v) is 13.4. The highest BCUT2D eigenvalue weighted by atomic mass is 32.1. The zero-order valence-corrected chi connectivity index (χ0v) is 34.6. The maximum atomic E-state index is 6.67. The van der Waals surface area contributed by atoms with E-state index in [-0.39, 0.29) is 0 Å². The maximum absolute atomic E-state index is 6.67. The number of hydrogen-bond acceptors (Lipinski definition) is 5. The normalized spacial score (nSPS) is 11.8. The molecule has 9 aromatic carbocycles. The minimum Gasteiger partial charge on any atom is -0.456 e. The molecule has 0 N–H and O–H groups in total. The Labute approximate surface area is 365 Å². The predicted molar refractivity (Wildman–Crippen MR) is 262 cm³/mol. The Kier molecular flexibility index (Phi) is 8.01. The van der Waals surface area contributed by atoms with Crippen LogP contribution >= 0.6 is 11.3 Å². The fraction of sp³-hybridized carbons (Fsp3) is 0. The molecule has 0 spiro atoms. The molecule has 0 amide bonds. The van der Waals surface area contributed by atoms with E-state index < -0.39 is 0 Å². The number of fused-ring (bicyclic) bond motifs is 9. The van der Waals surface area contributed by atoms with Crippen LogP contribution in [0.2, 0.25) is 0 Å². The minimum absolute atomic E-state index is 0.588. The summed E-state index contributed by atoms with van der Waals surface area (Å²) in [6.07, 6.45) is 0. The number of hydrogen-bond donors (Lipinski definition) is 0. The van der Waals surface area contributed by atoms with Gasteiger partial charge in [0.15, 0.2) is 17.5 Å². The second-order valence-electron chi connectivity index (χ2n) is 16.0. The average molecular weight is 823 g/mol. The van der Waals surface area contributed by atoms with Gasteiger partial charge in [0.2, 0.25) is 0 Å². The van der Waals surface area contributed by atoms with E-state index in [2.05, 4.69) is 180 Å². The Balaban J connectivity index is 0.903. The Morgan fingerprint density at radius 3 is 1.57 bits per heavy atom. The summed E-state index contributed by atoms with van der Waals surface area (Å²) in [4.78, 5) is 15.3. The Hall–Kier alpha value is -8.19. The zero-order chi connectivity index (χ0) is 41.4. The second-order valence-corrected chi connectivity index (χ2v) is 17.1. The van der Waals surface area contributed by atoms with Crippen LogP contribution in [-0.2, 0) is 0 Å². The molecule has 0 radical (unpaired) electrons. The number of benzene rings is 9. The van der Waals surface area contributed by atoms with E-state index in [1.165, 1.54) is 53.2 Å². The van der Waals surface area contributed by atoms with Gasteiger partial charge in [-0.15, -0.1) is 11.3 Å². The fourth-order valence-corrected chi connectivity index (χ4v) is 10.4. The van der Waals surface area contributed by atoms with Crippen molar-refractivity contribution in [3.8, 4) is 62.1 Å². The molecule has 63 heavy (non-hydrogen) atoms. The van der Waals surface area contributed by atoms with Crippen LogP contribution in [0.1, 0.15) is 0 Å². The molecule has 0 fully saturated rings. The lowest BCUT2D eigenvalue weighted by atomic mass is 9.97. The Morgan fingerprint density at radius 2 is 0.873 bits per heavy atom. The highest BCUT2D eigenvalue weighted by Crippen LogP contribution is 2.42. The van der Waals surface area contributed by atoms with Gasteiger partial charge < -0.3 is 8.98 Å². The van der Waals surface area contributed by atoms with Gasteiger partial charge in [0, 0.05) is 70.2 Å². The largest absolute Gasteiger partial charge is 0.456 e. The summed E-state index contributed by atoms with van der Waals surface area (Å²) in [5, 5.41) is 7.05. The van der Waals surface area contributed by atoms with Crippen molar-refractivity contribution < 1.29 is 4.42 Å². The fourth-order valence-electron chi connectivity index (χ4n) is 9.27. The van der Waals surface area contributed by atoms with Crippen molar-refractivity contribution >= 4 is 75.3 Å². The van der Waals surface area contributed by atoms with Crippen molar-refractivity contribution in [1.29, 1.82) is 0 Å². The van der Waals surface area contributed by atoms with Gasteiger partial charge in [0.05, 0.1) is 11.0 Å². The molecule has 0 aliphatic carbocycles. The van der Waals surface area contributed by atoms with Crippen LogP contribution in [0.4, 0.5) is 0 Å². The molecule has 6 heteroatoms. The monoisotopic (exact) mass is 822 g/mol. The third kappa shape index (κ3) is 5.87. The summed E-state index contributed by atoms with van der Waals surface area (Å²) >= 11 is 1.80. The van der Waals surface area contributed by atoms with Crippen molar-refractivity contribution in [3.05, 3.63) is 206 Å². The molecule has 0 aliphatic heterocycles. The first-order valence-corrected chi connectivity index (χ1v) is 21.9. The van der Waals surface area contributed by atoms with E-state index >= 15 is 0 Å². The molecule has 4 heterocycles. The first kappa shape index (κ1) is 35.6. The minimum atomic E-state index is 0.588.